The fourth-order valence-corrected chi connectivity index (χ4v) is 2.09. The lowest BCUT2D eigenvalue weighted by Crippen LogP contribution is -2.20. The summed E-state index contributed by atoms with van der Waals surface area (Å²) in [5.74, 6) is 0.280. The monoisotopic (exact) mass is 346 g/mol. The van der Waals surface area contributed by atoms with Gasteiger partial charge >= 0.3 is 0 Å². The molecule has 0 radical (unpaired) electrons. The number of benzene rings is 2. The van der Waals surface area contributed by atoms with E-state index in [0.29, 0.717) is 28.6 Å². The van der Waals surface area contributed by atoms with Gasteiger partial charge in [0.2, 0.25) is 5.91 Å². The number of carbonyl (C=O) groups excluding carboxylic acids is 2. The highest BCUT2D eigenvalue weighted by Gasteiger charge is 2.05. The maximum Gasteiger partial charge on any atom is 0.262 e. The quantitative estimate of drug-likeness (QED) is 0.793. The van der Waals surface area contributed by atoms with Crippen molar-refractivity contribution in [1.29, 1.82) is 0 Å². The molecular formula is C18H19ClN2O3. The Morgan fingerprint density at radius 2 is 1.46 bits per heavy atom. The van der Waals surface area contributed by atoms with Crippen molar-refractivity contribution in [3.05, 3.63) is 53.6 Å². The molecule has 0 fully saturated rings. The average Bonchev–Trinajstić information content (AvgIpc) is 2.56. The van der Waals surface area contributed by atoms with Crippen molar-refractivity contribution in [2.24, 2.45) is 0 Å². The Balaban J connectivity index is 1.81. The minimum Gasteiger partial charge on any atom is -0.484 e. The zero-order valence-electron chi connectivity index (χ0n) is 13.3. The second-order valence-corrected chi connectivity index (χ2v) is 5.60. The maximum absolute atomic E-state index is 11.9. The van der Waals surface area contributed by atoms with Gasteiger partial charge in [-0.1, -0.05) is 18.5 Å². The van der Waals surface area contributed by atoms with Crippen molar-refractivity contribution in [1.82, 2.24) is 0 Å². The Morgan fingerprint density at radius 3 is 2.00 bits per heavy atom. The van der Waals surface area contributed by atoms with E-state index < -0.39 is 0 Å². The lowest BCUT2D eigenvalue weighted by atomic mass is 10.2. The molecule has 5 nitrogen and oxygen atoms in total. The van der Waals surface area contributed by atoms with Gasteiger partial charge in [0.05, 0.1) is 0 Å². The molecule has 2 aromatic carbocycles. The van der Waals surface area contributed by atoms with Crippen molar-refractivity contribution in [2.75, 3.05) is 17.2 Å². The predicted octanol–water partition coefficient (Wildman–Crippen LogP) is 4.10. The van der Waals surface area contributed by atoms with Crippen LogP contribution in [0.4, 0.5) is 11.4 Å². The molecule has 0 aliphatic heterocycles. The van der Waals surface area contributed by atoms with Crippen LogP contribution in [0.25, 0.3) is 0 Å². The number of hydrogen-bond donors (Lipinski definition) is 2. The van der Waals surface area contributed by atoms with Gasteiger partial charge in [0.1, 0.15) is 5.75 Å². The molecule has 0 unspecified atom stereocenters. The summed E-state index contributed by atoms with van der Waals surface area (Å²) >= 11 is 5.78. The molecule has 0 aliphatic rings. The van der Waals surface area contributed by atoms with Gasteiger partial charge in [-0.3, -0.25) is 9.59 Å². The molecule has 0 atom stereocenters. The largest absolute Gasteiger partial charge is 0.484 e. The molecule has 2 aromatic rings. The number of amides is 2. The number of ether oxygens (including phenoxy) is 1. The van der Waals surface area contributed by atoms with Crippen molar-refractivity contribution in [3.8, 4) is 5.75 Å². The smallest absolute Gasteiger partial charge is 0.262 e. The zero-order valence-corrected chi connectivity index (χ0v) is 14.1. The molecule has 2 amide bonds. The van der Waals surface area contributed by atoms with Crippen molar-refractivity contribution in [3.63, 3.8) is 0 Å². The third kappa shape index (κ3) is 5.93. The highest BCUT2D eigenvalue weighted by atomic mass is 35.5. The fourth-order valence-electron chi connectivity index (χ4n) is 1.96. The number of hydrogen-bond acceptors (Lipinski definition) is 3. The Labute approximate surface area is 146 Å². The van der Waals surface area contributed by atoms with Gasteiger partial charge in [-0.05, 0) is 55.0 Å². The number of rotatable bonds is 7. The second-order valence-electron chi connectivity index (χ2n) is 5.17. The van der Waals surface area contributed by atoms with Gasteiger partial charge in [0, 0.05) is 22.8 Å². The van der Waals surface area contributed by atoms with Gasteiger partial charge in [-0.2, -0.15) is 0 Å². The van der Waals surface area contributed by atoms with Gasteiger partial charge in [-0.15, -0.1) is 0 Å². The fraction of sp³-hybridized carbons (Fsp3) is 0.222. The van der Waals surface area contributed by atoms with E-state index in [1.165, 1.54) is 0 Å². The summed E-state index contributed by atoms with van der Waals surface area (Å²) in [5, 5.41) is 6.12. The molecule has 2 N–H and O–H groups in total. The van der Waals surface area contributed by atoms with E-state index in [-0.39, 0.29) is 18.4 Å². The van der Waals surface area contributed by atoms with Crippen molar-refractivity contribution >= 4 is 34.8 Å². The molecule has 0 bridgehead atoms. The predicted molar refractivity (Wildman–Crippen MR) is 95.6 cm³/mol. The third-order valence-corrected chi connectivity index (χ3v) is 3.37. The number of nitrogens with one attached hydrogen (secondary N) is 2. The molecule has 0 aromatic heterocycles. The highest BCUT2D eigenvalue weighted by Crippen LogP contribution is 2.16. The van der Waals surface area contributed by atoms with Crippen molar-refractivity contribution < 1.29 is 14.3 Å². The van der Waals surface area contributed by atoms with E-state index in [9.17, 15) is 9.59 Å². The Bertz CT molecular complexity index is 684. The summed E-state index contributed by atoms with van der Waals surface area (Å²) in [4.78, 5) is 23.4. The molecule has 6 heteroatoms. The Hall–Kier alpha value is -2.53. The molecule has 0 aliphatic carbocycles. The maximum atomic E-state index is 11.9. The van der Waals surface area contributed by atoms with Crippen LogP contribution in [0, 0.1) is 0 Å². The van der Waals surface area contributed by atoms with E-state index in [4.69, 9.17) is 16.3 Å². The summed E-state index contributed by atoms with van der Waals surface area (Å²) < 4.78 is 5.37. The van der Waals surface area contributed by atoms with Crippen LogP contribution in [0.1, 0.15) is 19.8 Å². The first-order valence-electron chi connectivity index (χ1n) is 7.65. The summed E-state index contributed by atoms with van der Waals surface area (Å²) in [6, 6.07) is 13.7. The first-order chi connectivity index (χ1) is 11.6. The summed E-state index contributed by atoms with van der Waals surface area (Å²) in [5.41, 5.74) is 1.33. The summed E-state index contributed by atoms with van der Waals surface area (Å²) in [7, 11) is 0. The first kappa shape index (κ1) is 17.8. The van der Waals surface area contributed by atoms with Gasteiger partial charge < -0.3 is 15.4 Å². The molecule has 0 saturated heterocycles. The number of halogens is 1. The first-order valence-corrected chi connectivity index (χ1v) is 8.02. The van der Waals surface area contributed by atoms with Crippen LogP contribution in [0.2, 0.25) is 5.02 Å². The zero-order chi connectivity index (χ0) is 17.4. The third-order valence-electron chi connectivity index (χ3n) is 3.11. The Kier molecular flexibility index (Phi) is 6.63. The molecule has 24 heavy (non-hydrogen) atoms. The van der Waals surface area contributed by atoms with E-state index in [0.717, 1.165) is 6.42 Å². The SMILES string of the molecule is CCCC(=O)Nc1ccc(NC(=O)COc2ccc(Cl)cc2)cc1. The van der Waals surface area contributed by atoms with Crippen LogP contribution in [-0.2, 0) is 9.59 Å². The van der Waals surface area contributed by atoms with Gasteiger partial charge in [0.15, 0.2) is 6.61 Å². The van der Waals surface area contributed by atoms with E-state index in [2.05, 4.69) is 10.6 Å². The summed E-state index contributed by atoms with van der Waals surface area (Å²) in [6.07, 6.45) is 1.29. The molecule has 0 spiro atoms. The van der Waals surface area contributed by atoms with E-state index in [1.807, 2.05) is 6.92 Å². The van der Waals surface area contributed by atoms with Crippen LogP contribution in [0.5, 0.6) is 5.75 Å². The van der Waals surface area contributed by atoms with Crippen molar-refractivity contribution in [2.45, 2.75) is 19.8 Å². The summed E-state index contributed by atoms with van der Waals surface area (Å²) in [6.45, 7) is 1.85. The van der Waals surface area contributed by atoms with E-state index in [1.54, 1.807) is 48.5 Å². The molecule has 126 valence electrons. The standard InChI is InChI=1S/C18H19ClN2O3/c1-2-3-17(22)20-14-6-8-15(9-7-14)21-18(23)12-24-16-10-4-13(19)5-11-16/h4-11H,2-3,12H2,1H3,(H,20,22)(H,21,23). The minimum atomic E-state index is -0.271. The molecule has 0 saturated carbocycles. The number of anilines is 2. The lowest BCUT2D eigenvalue weighted by Gasteiger charge is -2.09. The number of carbonyl (C=O) groups is 2. The van der Waals surface area contributed by atoms with Crippen LogP contribution in [0.15, 0.2) is 48.5 Å². The van der Waals surface area contributed by atoms with Gasteiger partial charge in [-0.25, -0.2) is 0 Å². The normalized spacial score (nSPS) is 10.1. The minimum absolute atomic E-state index is 0.0225. The highest BCUT2D eigenvalue weighted by molar-refractivity contribution is 6.30. The van der Waals surface area contributed by atoms with Gasteiger partial charge in [0.25, 0.3) is 5.91 Å². The lowest BCUT2D eigenvalue weighted by molar-refractivity contribution is -0.118. The Morgan fingerprint density at radius 1 is 0.917 bits per heavy atom. The van der Waals surface area contributed by atoms with Crippen LogP contribution in [0.3, 0.4) is 0 Å². The molecular weight excluding hydrogens is 328 g/mol. The molecule has 0 heterocycles. The van der Waals surface area contributed by atoms with E-state index >= 15 is 0 Å². The average molecular weight is 347 g/mol. The second kappa shape index (κ2) is 8.93. The molecule has 2 rings (SSSR count). The van der Waals surface area contributed by atoms with Crippen LogP contribution in [-0.4, -0.2) is 18.4 Å². The van der Waals surface area contributed by atoms with Crippen LogP contribution >= 0.6 is 11.6 Å². The van der Waals surface area contributed by atoms with Crippen LogP contribution < -0.4 is 15.4 Å². The topological polar surface area (TPSA) is 67.4 Å².